The third-order valence-electron chi connectivity index (χ3n) is 0.675. The Kier molecular flexibility index (Phi) is 1.55. The summed E-state index contributed by atoms with van der Waals surface area (Å²) in [4.78, 5) is 5.09. The van der Waals surface area contributed by atoms with Crippen molar-refractivity contribution in [3.05, 3.63) is 16.6 Å². The first-order valence-electron chi connectivity index (χ1n) is 1.99. The Balaban J connectivity index is 2.93. The lowest BCUT2D eigenvalue weighted by Crippen LogP contribution is -2.06. The SMILES string of the molecule is NC(=S)c1cncs1. The number of thiocarbonyl (C=S) groups is 1. The maximum atomic E-state index is 5.26. The topological polar surface area (TPSA) is 38.9 Å². The number of nitrogens with two attached hydrogens (primary N) is 1. The van der Waals surface area contributed by atoms with Gasteiger partial charge in [0, 0.05) is 6.20 Å². The largest absolute Gasteiger partial charge is 0.389 e. The van der Waals surface area contributed by atoms with Gasteiger partial charge in [0.1, 0.15) is 4.99 Å². The molecule has 8 heavy (non-hydrogen) atoms. The van der Waals surface area contributed by atoms with Gasteiger partial charge in [-0.05, 0) is 0 Å². The highest BCUT2D eigenvalue weighted by Gasteiger charge is 1.93. The van der Waals surface area contributed by atoms with Crippen molar-refractivity contribution in [2.45, 2.75) is 0 Å². The van der Waals surface area contributed by atoms with E-state index in [-0.39, 0.29) is 0 Å². The predicted octanol–water partition coefficient (Wildman–Crippen LogP) is 0.777. The highest BCUT2D eigenvalue weighted by Crippen LogP contribution is 2.03. The van der Waals surface area contributed by atoms with Crippen LogP contribution >= 0.6 is 23.6 Å². The van der Waals surface area contributed by atoms with Crippen molar-refractivity contribution < 1.29 is 0 Å². The Hall–Kier alpha value is -0.480. The Labute approximate surface area is 56.4 Å². The standard InChI is InChI=1S/C4H4N2S2/c5-4(7)3-1-6-2-8-3/h1-2H,(H2,5,7). The quantitative estimate of drug-likeness (QED) is 0.592. The summed E-state index contributed by atoms with van der Waals surface area (Å²) in [5.41, 5.74) is 6.96. The third-order valence-corrected chi connectivity index (χ3v) is 1.83. The molecule has 0 aliphatic heterocycles. The van der Waals surface area contributed by atoms with E-state index in [1.54, 1.807) is 11.7 Å². The number of nitrogens with zero attached hydrogens (tertiary/aromatic N) is 1. The maximum Gasteiger partial charge on any atom is 0.115 e. The summed E-state index contributed by atoms with van der Waals surface area (Å²) in [6, 6.07) is 0. The fraction of sp³-hybridized carbons (Fsp3) is 0. The second-order valence-corrected chi connectivity index (χ2v) is 2.56. The minimum absolute atomic E-state index is 0.424. The summed E-state index contributed by atoms with van der Waals surface area (Å²) in [6.07, 6.45) is 1.66. The zero-order valence-corrected chi connectivity index (χ0v) is 5.63. The second-order valence-electron chi connectivity index (χ2n) is 1.23. The fourth-order valence-electron chi connectivity index (χ4n) is 0.337. The van der Waals surface area contributed by atoms with Crippen molar-refractivity contribution in [1.29, 1.82) is 0 Å². The van der Waals surface area contributed by atoms with Crippen molar-refractivity contribution in [3.63, 3.8) is 0 Å². The van der Waals surface area contributed by atoms with Crippen LogP contribution in [0.4, 0.5) is 0 Å². The molecule has 1 rings (SSSR count). The lowest BCUT2D eigenvalue weighted by molar-refractivity contribution is 1.42. The van der Waals surface area contributed by atoms with E-state index in [4.69, 9.17) is 5.73 Å². The Morgan fingerprint density at radius 1 is 1.88 bits per heavy atom. The van der Waals surface area contributed by atoms with E-state index in [1.807, 2.05) is 0 Å². The van der Waals surface area contributed by atoms with Crippen LogP contribution in [0.5, 0.6) is 0 Å². The van der Waals surface area contributed by atoms with Gasteiger partial charge >= 0.3 is 0 Å². The monoisotopic (exact) mass is 144 g/mol. The molecule has 2 nitrogen and oxygen atoms in total. The van der Waals surface area contributed by atoms with Crippen LogP contribution in [0.1, 0.15) is 4.88 Å². The molecule has 0 aliphatic carbocycles. The molecule has 0 saturated heterocycles. The van der Waals surface area contributed by atoms with Crippen LogP contribution in [0.2, 0.25) is 0 Å². The zero-order valence-electron chi connectivity index (χ0n) is 4.00. The molecule has 0 bridgehead atoms. The fourth-order valence-corrected chi connectivity index (χ4v) is 1.01. The van der Waals surface area contributed by atoms with Crippen molar-refractivity contribution in [2.24, 2.45) is 5.73 Å². The van der Waals surface area contributed by atoms with Crippen LogP contribution in [0, 0.1) is 0 Å². The molecule has 0 radical (unpaired) electrons. The van der Waals surface area contributed by atoms with Gasteiger partial charge in [0.15, 0.2) is 0 Å². The highest BCUT2D eigenvalue weighted by atomic mass is 32.1. The van der Waals surface area contributed by atoms with Gasteiger partial charge in [0.2, 0.25) is 0 Å². The number of aromatic nitrogens is 1. The van der Waals surface area contributed by atoms with Crippen molar-refractivity contribution in [1.82, 2.24) is 4.98 Å². The van der Waals surface area contributed by atoms with Gasteiger partial charge in [-0.15, -0.1) is 11.3 Å². The van der Waals surface area contributed by atoms with E-state index < -0.39 is 0 Å². The normalized spacial score (nSPS) is 9.00. The molecule has 0 aliphatic rings. The summed E-state index contributed by atoms with van der Waals surface area (Å²) in [5.74, 6) is 0. The van der Waals surface area contributed by atoms with Crippen LogP contribution in [-0.2, 0) is 0 Å². The zero-order chi connectivity index (χ0) is 5.98. The summed E-state index contributed by atoms with van der Waals surface area (Å²) in [7, 11) is 0. The second kappa shape index (κ2) is 2.19. The molecule has 4 heteroatoms. The molecule has 0 saturated carbocycles. The lowest BCUT2D eigenvalue weighted by atomic mass is 10.6. The molecule has 0 aromatic carbocycles. The van der Waals surface area contributed by atoms with E-state index >= 15 is 0 Å². The Bertz CT molecular complexity index is 180. The van der Waals surface area contributed by atoms with Crippen molar-refractivity contribution in [3.8, 4) is 0 Å². The van der Waals surface area contributed by atoms with E-state index in [0.29, 0.717) is 4.99 Å². The number of thiazole rings is 1. The average molecular weight is 144 g/mol. The molecule has 0 amide bonds. The van der Waals surface area contributed by atoms with Gasteiger partial charge in [-0.3, -0.25) is 4.98 Å². The Morgan fingerprint density at radius 3 is 2.88 bits per heavy atom. The highest BCUT2D eigenvalue weighted by molar-refractivity contribution is 7.81. The van der Waals surface area contributed by atoms with Crippen LogP contribution in [-0.4, -0.2) is 9.97 Å². The summed E-state index contributed by atoms with van der Waals surface area (Å²) in [5, 5.41) is 0. The molecular formula is C4H4N2S2. The molecule has 1 heterocycles. The van der Waals surface area contributed by atoms with Crippen molar-refractivity contribution >= 4 is 28.5 Å². The van der Waals surface area contributed by atoms with Crippen molar-refractivity contribution in [2.75, 3.05) is 0 Å². The van der Waals surface area contributed by atoms with E-state index in [0.717, 1.165) is 4.88 Å². The first kappa shape index (κ1) is 5.65. The summed E-state index contributed by atoms with van der Waals surface area (Å²) in [6.45, 7) is 0. The van der Waals surface area contributed by atoms with Gasteiger partial charge in [-0.1, -0.05) is 12.2 Å². The number of hydrogen-bond donors (Lipinski definition) is 1. The minimum atomic E-state index is 0.424. The van der Waals surface area contributed by atoms with E-state index in [2.05, 4.69) is 17.2 Å². The van der Waals surface area contributed by atoms with Gasteiger partial charge in [-0.2, -0.15) is 0 Å². The number of hydrogen-bond acceptors (Lipinski definition) is 3. The third kappa shape index (κ3) is 1.02. The minimum Gasteiger partial charge on any atom is -0.389 e. The number of rotatable bonds is 1. The summed E-state index contributed by atoms with van der Waals surface area (Å²) < 4.78 is 0. The smallest absolute Gasteiger partial charge is 0.115 e. The molecule has 0 fully saturated rings. The van der Waals surface area contributed by atoms with Gasteiger partial charge in [0.05, 0.1) is 10.4 Å². The molecule has 0 unspecified atom stereocenters. The van der Waals surface area contributed by atoms with Gasteiger partial charge < -0.3 is 5.73 Å². The van der Waals surface area contributed by atoms with Gasteiger partial charge in [0.25, 0.3) is 0 Å². The van der Waals surface area contributed by atoms with Crippen LogP contribution < -0.4 is 5.73 Å². The average Bonchev–Trinajstić information content (AvgIpc) is 2.12. The molecule has 1 aromatic heterocycles. The van der Waals surface area contributed by atoms with E-state index in [9.17, 15) is 0 Å². The first-order valence-corrected chi connectivity index (χ1v) is 3.28. The first-order chi connectivity index (χ1) is 3.80. The molecule has 2 N–H and O–H groups in total. The van der Waals surface area contributed by atoms with Gasteiger partial charge in [-0.25, -0.2) is 0 Å². The lowest BCUT2D eigenvalue weighted by Gasteiger charge is -1.83. The van der Waals surface area contributed by atoms with E-state index in [1.165, 1.54) is 11.3 Å². The maximum absolute atomic E-state index is 5.26. The summed E-state index contributed by atoms with van der Waals surface area (Å²) >= 11 is 6.12. The van der Waals surface area contributed by atoms with Crippen LogP contribution in [0.15, 0.2) is 11.7 Å². The Morgan fingerprint density at radius 2 is 2.62 bits per heavy atom. The predicted molar refractivity (Wildman–Crippen MR) is 38.0 cm³/mol. The molecular weight excluding hydrogens is 140 g/mol. The molecule has 0 spiro atoms. The van der Waals surface area contributed by atoms with Crippen LogP contribution in [0.25, 0.3) is 0 Å². The molecule has 1 aromatic rings. The molecule has 42 valence electrons. The molecule has 0 atom stereocenters. The van der Waals surface area contributed by atoms with Crippen LogP contribution in [0.3, 0.4) is 0 Å².